The minimum atomic E-state index is -0.650. The van der Waals surface area contributed by atoms with E-state index in [0.29, 0.717) is 6.54 Å². The molecule has 1 saturated heterocycles. The second kappa shape index (κ2) is 7.71. The van der Waals surface area contributed by atoms with Crippen LogP contribution < -0.4 is 5.32 Å². The van der Waals surface area contributed by atoms with Crippen LogP contribution in [-0.4, -0.2) is 53.6 Å². The van der Waals surface area contributed by atoms with Gasteiger partial charge in [0.05, 0.1) is 17.9 Å². The van der Waals surface area contributed by atoms with E-state index >= 15 is 0 Å². The van der Waals surface area contributed by atoms with Crippen LogP contribution >= 0.6 is 0 Å². The summed E-state index contributed by atoms with van der Waals surface area (Å²) in [6, 6.07) is 4.90. The monoisotopic (exact) mass is 350 g/mol. The minimum absolute atomic E-state index is 0.134. The summed E-state index contributed by atoms with van der Waals surface area (Å²) in [5, 5.41) is 6.40. The molecular formula is C17H20F2N4O2. The zero-order valence-electron chi connectivity index (χ0n) is 14.0. The van der Waals surface area contributed by atoms with Crippen LogP contribution in [-0.2, 0) is 11.3 Å². The maximum Gasteiger partial charge on any atom is 0.238 e. The van der Waals surface area contributed by atoms with Gasteiger partial charge in [-0.15, -0.1) is 0 Å². The largest absolute Gasteiger partial charge is 0.361 e. The molecule has 1 aliphatic rings. The summed E-state index contributed by atoms with van der Waals surface area (Å²) in [7, 11) is 0. The summed E-state index contributed by atoms with van der Waals surface area (Å²) in [6.45, 7) is 5.75. The van der Waals surface area contributed by atoms with Crippen molar-refractivity contribution in [1.29, 1.82) is 0 Å². The Bertz CT molecular complexity index is 742. The van der Waals surface area contributed by atoms with Crippen molar-refractivity contribution in [2.45, 2.75) is 13.5 Å². The van der Waals surface area contributed by atoms with Gasteiger partial charge in [0.25, 0.3) is 0 Å². The molecule has 0 atom stereocenters. The molecule has 2 aromatic rings. The molecule has 0 radical (unpaired) electrons. The number of benzene rings is 1. The van der Waals surface area contributed by atoms with E-state index in [0.717, 1.165) is 55.8 Å². The average Bonchev–Trinajstić information content (AvgIpc) is 2.98. The highest BCUT2D eigenvalue weighted by atomic mass is 19.1. The number of anilines is 1. The summed E-state index contributed by atoms with van der Waals surface area (Å²) in [5.74, 6) is -0.809. The number of amides is 1. The summed E-state index contributed by atoms with van der Waals surface area (Å²) < 4.78 is 31.7. The van der Waals surface area contributed by atoms with Crippen molar-refractivity contribution in [3.05, 3.63) is 47.4 Å². The van der Waals surface area contributed by atoms with Gasteiger partial charge in [-0.25, -0.2) is 8.78 Å². The Hall–Kier alpha value is -2.32. The number of nitrogens with zero attached hydrogens (tertiary/aromatic N) is 3. The molecule has 0 spiro atoms. The zero-order chi connectivity index (χ0) is 17.8. The predicted molar refractivity (Wildman–Crippen MR) is 87.9 cm³/mol. The maximum absolute atomic E-state index is 13.6. The number of halogens is 2. The van der Waals surface area contributed by atoms with Gasteiger partial charge in [0.1, 0.15) is 17.4 Å². The highest BCUT2D eigenvalue weighted by Crippen LogP contribution is 2.15. The third kappa shape index (κ3) is 4.83. The van der Waals surface area contributed by atoms with Crippen LogP contribution in [0.1, 0.15) is 11.5 Å². The minimum Gasteiger partial charge on any atom is -0.361 e. The predicted octanol–water partition coefficient (Wildman–Crippen LogP) is 2.02. The Morgan fingerprint density at radius 1 is 1.20 bits per heavy atom. The molecule has 0 unspecified atom stereocenters. The van der Waals surface area contributed by atoms with E-state index in [1.807, 2.05) is 17.9 Å². The van der Waals surface area contributed by atoms with E-state index in [2.05, 4.69) is 15.4 Å². The lowest BCUT2D eigenvalue weighted by molar-refractivity contribution is -0.117. The second-order valence-corrected chi connectivity index (χ2v) is 6.15. The van der Waals surface area contributed by atoms with E-state index in [4.69, 9.17) is 4.52 Å². The molecule has 3 rings (SSSR count). The van der Waals surface area contributed by atoms with Crippen molar-refractivity contribution in [3.63, 3.8) is 0 Å². The Morgan fingerprint density at radius 2 is 1.92 bits per heavy atom. The van der Waals surface area contributed by atoms with Gasteiger partial charge in [-0.3, -0.25) is 14.6 Å². The Morgan fingerprint density at radius 3 is 2.60 bits per heavy atom. The number of carbonyl (C=O) groups is 1. The highest BCUT2D eigenvalue weighted by Gasteiger charge is 2.20. The van der Waals surface area contributed by atoms with Gasteiger partial charge in [0.2, 0.25) is 5.91 Å². The van der Waals surface area contributed by atoms with Crippen molar-refractivity contribution >= 4 is 11.6 Å². The van der Waals surface area contributed by atoms with Gasteiger partial charge in [0.15, 0.2) is 0 Å². The van der Waals surface area contributed by atoms with Gasteiger partial charge in [-0.2, -0.15) is 0 Å². The van der Waals surface area contributed by atoms with Crippen LogP contribution in [0.2, 0.25) is 0 Å². The smallest absolute Gasteiger partial charge is 0.238 e. The lowest BCUT2D eigenvalue weighted by Gasteiger charge is -2.33. The highest BCUT2D eigenvalue weighted by molar-refractivity contribution is 5.92. The summed E-state index contributed by atoms with van der Waals surface area (Å²) in [6.07, 6.45) is 0. The van der Waals surface area contributed by atoms with Crippen molar-refractivity contribution in [1.82, 2.24) is 15.0 Å². The number of aromatic nitrogens is 1. The lowest BCUT2D eigenvalue weighted by Crippen LogP contribution is -2.48. The van der Waals surface area contributed by atoms with Crippen LogP contribution in [0, 0.1) is 18.6 Å². The van der Waals surface area contributed by atoms with Gasteiger partial charge >= 0.3 is 0 Å². The molecule has 1 amide bonds. The summed E-state index contributed by atoms with van der Waals surface area (Å²) in [5.41, 5.74) is 0.760. The standard InChI is InChI=1S/C17H20F2N4O2/c1-12-8-14(21-25-12)10-22-4-6-23(7-5-22)11-17(24)20-16-9-13(18)2-3-15(16)19/h2-3,8-9H,4-7,10-11H2,1H3,(H,20,24). The molecule has 1 aromatic carbocycles. The third-order valence-corrected chi connectivity index (χ3v) is 4.10. The summed E-state index contributed by atoms with van der Waals surface area (Å²) in [4.78, 5) is 16.3. The second-order valence-electron chi connectivity index (χ2n) is 6.15. The number of hydrogen-bond donors (Lipinski definition) is 1. The normalized spacial score (nSPS) is 16.1. The third-order valence-electron chi connectivity index (χ3n) is 4.10. The number of rotatable bonds is 5. The van der Waals surface area contributed by atoms with Crippen molar-refractivity contribution in [2.24, 2.45) is 0 Å². The molecule has 2 heterocycles. The van der Waals surface area contributed by atoms with Crippen LogP contribution in [0.25, 0.3) is 0 Å². The molecule has 134 valence electrons. The van der Waals surface area contributed by atoms with Crippen molar-refractivity contribution in [2.75, 3.05) is 38.0 Å². The molecule has 1 aromatic heterocycles. The first kappa shape index (κ1) is 17.5. The molecular weight excluding hydrogens is 330 g/mol. The van der Waals surface area contributed by atoms with E-state index < -0.39 is 11.6 Å². The van der Waals surface area contributed by atoms with Crippen LogP contribution in [0.3, 0.4) is 0 Å². The fourth-order valence-corrected chi connectivity index (χ4v) is 2.81. The molecule has 6 nitrogen and oxygen atoms in total. The molecule has 1 N–H and O–H groups in total. The number of hydrogen-bond acceptors (Lipinski definition) is 5. The topological polar surface area (TPSA) is 61.6 Å². The molecule has 0 aliphatic carbocycles. The van der Waals surface area contributed by atoms with Crippen molar-refractivity contribution < 1.29 is 18.1 Å². The van der Waals surface area contributed by atoms with Crippen LogP contribution in [0.5, 0.6) is 0 Å². The van der Waals surface area contributed by atoms with Crippen LogP contribution in [0.4, 0.5) is 14.5 Å². The first-order chi connectivity index (χ1) is 12.0. The van der Waals surface area contributed by atoms with E-state index in [9.17, 15) is 13.6 Å². The first-order valence-corrected chi connectivity index (χ1v) is 8.11. The Balaban J connectivity index is 1.45. The number of nitrogens with one attached hydrogen (secondary N) is 1. The van der Waals surface area contributed by atoms with Crippen LogP contribution in [0.15, 0.2) is 28.8 Å². The molecule has 25 heavy (non-hydrogen) atoms. The lowest BCUT2D eigenvalue weighted by atomic mass is 10.2. The van der Waals surface area contributed by atoms with E-state index in [1.54, 1.807) is 0 Å². The van der Waals surface area contributed by atoms with Gasteiger partial charge in [-0.1, -0.05) is 5.16 Å². The fraction of sp³-hybridized carbons (Fsp3) is 0.412. The first-order valence-electron chi connectivity index (χ1n) is 8.11. The molecule has 0 bridgehead atoms. The maximum atomic E-state index is 13.6. The number of piperazine rings is 1. The molecule has 0 saturated carbocycles. The quantitative estimate of drug-likeness (QED) is 0.894. The zero-order valence-corrected chi connectivity index (χ0v) is 14.0. The van der Waals surface area contributed by atoms with Gasteiger partial charge < -0.3 is 9.84 Å². The number of aryl methyl sites for hydroxylation is 1. The van der Waals surface area contributed by atoms with E-state index in [1.165, 1.54) is 0 Å². The fourth-order valence-electron chi connectivity index (χ4n) is 2.81. The Kier molecular flexibility index (Phi) is 5.40. The van der Waals surface area contributed by atoms with Crippen molar-refractivity contribution in [3.8, 4) is 0 Å². The molecule has 1 aliphatic heterocycles. The Labute approximate surface area is 144 Å². The average molecular weight is 350 g/mol. The number of carbonyl (C=O) groups excluding carboxylic acids is 1. The summed E-state index contributed by atoms with van der Waals surface area (Å²) >= 11 is 0. The van der Waals surface area contributed by atoms with Gasteiger partial charge in [-0.05, 0) is 19.1 Å². The molecule has 1 fully saturated rings. The molecule has 8 heteroatoms. The van der Waals surface area contributed by atoms with E-state index in [-0.39, 0.29) is 18.1 Å². The van der Waals surface area contributed by atoms with Gasteiger partial charge in [0, 0.05) is 44.9 Å². The SMILES string of the molecule is Cc1cc(CN2CCN(CC(=O)Nc3cc(F)ccc3F)CC2)no1.